The third-order valence-electron chi connectivity index (χ3n) is 7.55. The Bertz CT molecular complexity index is 1330. The summed E-state index contributed by atoms with van der Waals surface area (Å²) in [5.41, 5.74) is 13.3. The van der Waals surface area contributed by atoms with Gasteiger partial charge in [-0.2, -0.15) is 0 Å². The van der Waals surface area contributed by atoms with Crippen LogP contribution in [-0.2, 0) is 16.1 Å². The lowest BCUT2D eigenvalue weighted by atomic mass is 9.77. The molecule has 5 rings (SSSR count). The zero-order valence-corrected chi connectivity index (χ0v) is 22.0. The Labute approximate surface area is 216 Å². The second kappa shape index (κ2) is 9.95. The second-order valence-corrected chi connectivity index (χ2v) is 10.6. The molecule has 2 N–H and O–H groups in total. The molecule has 1 heterocycles. The third-order valence-corrected chi connectivity index (χ3v) is 8.02. The molecule has 2 unspecified atom stereocenters. The first-order chi connectivity index (χ1) is 17.4. The van der Waals surface area contributed by atoms with E-state index in [0.29, 0.717) is 36.7 Å². The van der Waals surface area contributed by atoms with Gasteiger partial charge < -0.3 is 15.4 Å². The van der Waals surface area contributed by atoms with Crippen LogP contribution in [0.3, 0.4) is 0 Å². The van der Waals surface area contributed by atoms with E-state index in [1.165, 1.54) is 0 Å². The first-order valence-corrected chi connectivity index (χ1v) is 13.1. The molecular weight excluding hydrogens is 463 g/mol. The zero-order chi connectivity index (χ0) is 25.3. The van der Waals surface area contributed by atoms with Gasteiger partial charge in [-0.1, -0.05) is 66.7 Å². The molecule has 1 aliphatic heterocycles. The fraction of sp³-hybridized carbons (Fsp3) is 0.258. The van der Waals surface area contributed by atoms with Crippen LogP contribution >= 0.6 is 9.24 Å². The monoisotopic (exact) mass is 496 g/mol. The Morgan fingerprint density at radius 3 is 2.50 bits per heavy atom. The van der Waals surface area contributed by atoms with Gasteiger partial charge in [0.1, 0.15) is 6.61 Å². The molecule has 3 aromatic carbocycles. The zero-order valence-electron chi connectivity index (χ0n) is 20.8. The van der Waals surface area contributed by atoms with Gasteiger partial charge in [0.25, 0.3) is 0 Å². The highest BCUT2D eigenvalue weighted by atomic mass is 31.0. The number of carbonyl (C=O) groups is 1. The predicted molar refractivity (Wildman–Crippen MR) is 150 cm³/mol. The molecule has 1 fully saturated rings. The molecule has 0 bridgehead atoms. The van der Waals surface area contributed by atoms with Crippen molar-refractivity contribution in [2.24, 2.45) is 11.1 Å². The lowest BCUT2D eigenvalue weighted by molar-refractivity contribution is -0.115. The molecule has 0 saturated carbocycles. The fourth-order valence-electron chi connectivity index (χ4n) is 5.60. The maximum absolute atomic E-state index is 13.4. The highest BCUT2D eigenvalue weighted by Crippen LogP contribution is 2.48. The summed E-state index contributed by atoms with van der Waals surface area (Å²) in [4.78, 5) is 15.6. The SMILES string of the molecule is C=C(OCc1ccccc1)N1CCCC2(CC(=O)C(c3cc(P)c(-c4ccccc4)cc3C)=C2N)C1. The van der Waals surface area contributed by atoms with Crippen molar-refractivity contribution in [3.05, 3.63) is 108 Å². The number of hydrogen-bond acceptors (Lipinski definition) is 4. The van der Waals surface area contributed by atoms with Gasteiger partial charge >= 0.3 is 0 Å². The highest BCUT2D eigenvalue weighted by molar-refractivity contribution is 7.28. The van der Waals surface area contributed by atoms with E-state index in [9.17, 15) is 4.79 Å². The molecule has 3 aromatic rings. The van der Waals surface area contributed by atoms with E-state index in [2.05, 4.69) is 51.9 Å². The summed E-state index contributed by atoms with van der Waals surface area (Å²) in [7, 11) is 2.83. The fourth-order valence-corrected chi connectivity index (χ4v) is 6.02. The number of Topliss-reactive ketones (excluding diaryl/α,β-unsaturated/α-hetero) is 1. The standard InChI is InChI=1S/C31H33N2O2P/c1-21-16-26(24-12-7-4-8-13-24)28(36)17-25(21)29-27(34)18-31(30(29)32)14-9-15-33(20-31)22(2)35-19-23-10-5-3-6-11-23/h3-8,10-13,16-17H,2,9,14-15,18-20,32,36H2,1H3. The van der Waals surface area contributed by atoms with E-state index in [4.69, 9.17) is 10.5 Å². The lowest BCUT2D eigenvalue weighted by Gasteiger charge is -2.42. The minimum absolute atomic E-state index is 0.130. The summed E-state index contributed by atoms with van der Waals surface area (Å²) in [6.45, 7) is 8.24. The van der Waals surface area contributed by atoms with Gasteiger partial charge in [-0.3, -0.25) is 4.79 Å². The molecule has 0 amide bonds. The van der Waals surface area contributed by atoms with E-state index in [1.54, 1.807) is 0 Å². The molecule has 2 aliphatic rings. The summed E-state index contributed by atoms with van der Waals surface area (Å²) >= 11 is 0. The van der Waals surface area contributed by atoms with Gasteiger partial charge in [0, 0.05) is 36.2 Å². The molecule has 1 aliphatic carbocycles. The summed E-state index contributed by atoms with van der Waals surface area (Å²) in [6.07, 6.45) is 2.27. The largest absolute Gasteiger partial charge is 0.475 e. The Morgan fingerprint density at radius 2 is 1.78 bits per heavy atom. The Morgan fingerprint density at radius 1 is 1.08 bits per heavy atom. The molecular formula is C31H33N2O2P. The summed E-state index contributed by atoms with van der Waals surface area (Å²) in [5, 5.41) is 1.06. The third kappa shape index (κ3) is 4.58. The first-order valence-electron chi connectivity index (χ1n) is 12.5. The first kappa shape index (κ1) is 24.3. The number of rotatable bonds is 6. The molecule has 184 valence electrons. The number of hydrogen-bond donors (Lipinski definition) is 1. The minimum Gasteiger partial charge on any atom is -0.475 e. The van der Waals surface area contributed by atoms with E-state index in [-0.39, 0.29) is 11.2 Å². The Balaban J connectivity index is 1.40. The van der Waals surface area contributed by atoms with Crippen molar-refractivity contribution in [2.75, 3.05) is 13.1 Å². The van der Waals surface area contributed by atoms with Crippen molar-refractivity contribution in [1.29, 1.82) is 0 Å². The van der Waals surface area contributed by atoms with Crippen molar-refractivity contribution in [3.63, 3.8) is 0 Å². The number of nitrogens with two attached hydrogens (primary N) is 1. The number of nitrogens with zero attached hydrogens (tertiary/aromatic N) is 1. The maximum Gasteiger partial charge on any atom is 0.182 e. The van der Waals surface area contributed by atoms with E-state index in [0.717, 1.165) is 52.5 Å². The minimum atomic E-state index is -0.380. The van der Waals surface area contributed by atoms with Gasteiger partial charge in [-0.25, -0.2) is 0 Å². The van der Waals surface area contributed by atoms with Crippen LogP contribution in [0.4, 0.5) is 0 Å². The average molecular weight is 497 g/mol. The van der Waals surface area contributed by atoms with Gasteiger partial charge in [0.05, 0.1) is 0 Å². The molecule has 0 aromatic heterocycles. The number of benzene rings is 3. The molecule has 36 heavy (non-hydrogen) atoms. The van der Waals surface area contributed by atoms with Crippen LogP contribution in [0.2, 0.25) is 0 Å². The van der Waals surface area contributed by atoms with Gasteiger partial charge in [-0.05, 0) is 65.5 Å². The molecule has 5 heteroatoms. The molecule has 0 radical (unpaired) electrons. The van der Waals surface area contributed by atoms with Gasteiger partial charge in [0.15, 0.2) is 11.7 Å². The smallest absolute Gasteiger partial charge is 0.182 e. The van der Waals surface area contributed by atoms with E-state index < -0.39 is 0 Å². The van der Waals surface area contributed by atoms with Crippen LogP contribution in [0.15, 0.2) is 91.0 Å². The van der Waals surface area contributed by atoms with Crippen molar-refractivity contribution >= 4 is 25.9 Å². The van der Waals surface area contributed by atoms with Crippen molar-refractivity contribution in [1.82, 2.24) is 4.90 Å². The molecule has 1 saturated heterocycles. The quantitative estimate of drug-likeness (QED) is 0.358. The van der Waals surface area contributed by atoms with Gasteiger partial charge in [0.2, 0.25) is 0 Å². The van der Waals surface area contributed by atoms with Crippen LogP contribution in [0.5, 0.6) is 0 Å². The number of ether oxygens (including phenoxy) is 1. The maximum atomic E-state index is 13.4. The topological polar surface area (TPSA) is 55.6 Å². The van der Waals surface area contributed by atoms with Crippen molar-refractivity contribution < 1.29 is 9.53 Å². The van der Waals surface area contributed by atoms with E-state index in [1.807, 2.05) is 48.5 Å². The molecule has 2 atom stereocenters. The normalized spacial score (nSPS) is 19.7. The number of allylic oxidation sites excluding steroid dienone is 1. The Kier molecular flexibility index (Phi) is 6.73. The van der Waals surface area contributed by atoms with Crippen LogP contribution < -0.4 is 11.0 Å². The van der Waals surface area contributed by atoms with Crippen LogP contribution in [0.1, 0.15) is 36.0 Å². The number of carbonyl (C=O) groups excluding carboxylic acids is 1. The van der Waals surface area contributed by atoms with Crippen LogP contribution in [0.25, 0.3) is 16.7 Å². The second-order valence-electron chi connectivity index (χ2n) is 9.98. The van der Waals surface area contributed by atoms with Crippen molar-refractivity contribution in [2.45, 2.75) is 32.8 Å². The number of likely N-dealkylation sites (tertiary alicyclic amines) is 1. The van der Waals surface area contributed by atoms with Crippen molar-refractivity contribution in [3.8, 4) is 11.1 Å². The van der Waals surface area contributed by atoms with Crippen LogP contribution in [-0.4, -0.2) is 23.8 Å². The van der Waals surface area contributed by atoms with Crippen LogP contribution in [0, 0.1) is 12.3 Å². The number of ketones is 1. The summed E-state index contributed by atoms with van der Waals surface area (Å²) < 4.78 is 6.02. The highest BCUT2D eigenvalue weighted by Gasteiger charge is 2.47. The van der Waals surface area contributed by atoms with Gasteiger partial charge in [-0.15, -0.1) is 9.24 Å². The lowest BCUT2D eigenvalue weighted by Crippen LogP contribution is -2.44. The average Bonchev–Trinajstić information content (AvgIpc) is 3.13. The summed E-state index contributed by atoms with van der Waals surface area (Å²) in [5.74, 6) is 0.771. The van der Waals surface area contributed by atoms with E-state index >= 15 is 0 Å². The summed E-state index contributed by atoms with van der Waals surface area (Å²) in [6, 6.07) is 24.7. The predicted octanol–water partition coefficient (Wildman–Crippen LogP) is 5.58. The number of aryl methyl sites for hydroxylation is 1. The Hall–Kier alpha value is -3.36. The number of piperidine rings is 1. The molecule has 4 nitrogen and oxygen atoms in total. The molecule has 1 spiro atoms.